The summed E-state index contributed by atoms with van der Waals surface area (Å²) in [6, 6.07) is 3.85. The van der Waals surface area contributed by atoms with Gasteiger partial charge in [-0.3, -0.25) is 10.1 Å². The molecule has 0 atom stereocenters. The molecule has 0 saturated heterocycles. The molecule has 0 amide bonds. The molecule has 0 aliphatic heterocycles. The Morgan fingerprint density at radius 2 is 2.16 bits per heavy atom. The number of rotatable bonds is 7. The first kappa shape index (κ1) is 17.5. The van der Waals surface area contributed by atoms with E-state index in [0.29, 0.717) is 18.7 Å². The third-order valence-electron chi connectivity index (χ3n) is 3.93. The van der Waals surface area contributed by atoms with Crippen molar-refractivity contribution in [1.29, 1.82) is 0 Å². The number of nitro groups is 1. The minimum Gasteiger partial charge on any atom is -0.427 e. The maximum Gasteiger partial charge on any atom is 0.387 e. The third-order valence-corrected chi connectivity index (χ3v) is 5.15. The Labute approximate surface area is 147 Å². The number of aryl methyl sites for hydroxylation is 2. The van der Waals surface area contributed by atoms with Gasteiger partial charge in [0.05, 0.1) is 15.6 Å². The number of nitrogens with zero attached hydrogens (tertiary/aromatic N) is 2. The van der Waals surface area contributed by atoms with Crippen molar-refractivity contribution in [3.63, 3.8) is 0 Å². The fraction of sp³-hybridized carbons (Fsp3) is 0.438. The standard InChI is InChI=1S/C16H17F2N3O3S/c17-16(18)24-13-9-10(5-6-12(13)21(22)23)19-8-7-15-20-11-3-1-2-4-14(11)25-15/h5-6,9,16,19H,1-4,7-8H2. The minimum atomic E-state index is -3.12. The van der Waals surface area contributed by atoms with Gasteiger partial charge in [-0.25, -0.2) is 4.98 Å². The summed E-state index contributed by atoms with van der Waals surface area (Å²) in [5.41, 5.74) is 1.20. The summed E-state index contributed by atoms with van der Waals surface area (Å²) in [5.74, 6) is -0.449. The topological polar surface area (TPSA) is 77.3 Å². The number of aromatic nitrogens is 1. The number of alkyl halides is 2. The third kappa shape index (κ3) is 4.41. The van der Waals surface area contributed by atoms with Crippen LogP contribution in [0.15, 0.2) is 18.2 Å². The number of ether oxygens (including phenoxy) is 1. The quantitative estimate of drug-likeness (QED) is 0.585. The molecule has 2 aromatic rings. The van der Waals surface area contributed by atoms with Gasteiger partial charge >= 0.3 is 12.3 Å². The van der Waals surface area contributed by atoms with Crippen LogP contribution in [0.1, 0.15) is 28.4 Å². The molecule has 0 unspecified atom stereocenters. The Kier molecular flexibility index (Phi) is 5.42. The van der Waals surface area contributed by atoms with Crippen LogP contribution in [0, 0.1) is 10.1 Å². The van der Waals surface area contributed by atoms with E-state index in [1.54, 1.807) is 11.3 Å². The van der Waals surface area contributed by atoms with Gasteiger partial charge in [-0.1, -0.05) is 0 Å². The molecule has 6 nitrogen and oxygen atoms in total. The first-order valence-electron chi connectivity index (χ1n) is 7.97. The largest absolute Gasteiger partial charge is 0.427 e. The number of hydrogen-bond donors (Lipinski definition) is 1. The fourth-order valence-electron chi connectivity index (χ4n) is 2.79. The summed E-state index contributed by atoms with van der Waals surface area (Å²) in [6.45, 7) is -2.56. The molecular weight excluding hydrogens is 352 g/mol. The Hall–Kier alpha value is -2.29. The second-order valence-corrected chi connectivity index (χ2v) is 6.85. The van der Waals surface area contributed by atoms with Crippen LogP contribution in [0.25, 0.3) is 0 Å². The second kappa shape index (κ2) is 7.73. The highest BCUT2D eigenvalue weighted by Crippen LogP contribution is 2.31. The molecule has 0 spiro atoms. The van der Waals surface area contributed by atoms with E-state index in [9.17, 15) is 18.9 Å². The van der Waals surface area contributed by atoms with Crippen molar-refractivity contribution < 1.29 is 18.4 Å². The van der Waals surface area contributed by atoms with Crippen molar-refractivity contribution in [1.82, 2.24) is 4.98 Å². The smallest absolute Gasteiger partial charge is 0.387 e. The monoisotopic (exact) mass is 369 g/mol. The van der Waals surface area contributed by atoms with E-state index in [2.05, 4.69) is 15.0 Å². The molecule has 0 radical (unpaired) electrons. The SMILES string of the molecule is O=[N+]([O-])c1ccc(NCCc2nc3c(s2)CCCC3)cc1OC(F)F. The van der Waals surface area contributed by atoms with E-state index in [-0.39, 0.29) is 0 Å². The number of anilines is 1. The zero-order valence-electron chi connectivity index (χ0n) is 13.3. The lowest BCUT2D eigenvalue weighted by Crippen LogP contribution is -2.07. The maximum absolute atomic E-state index is 12.4. The molecule has 0 saturated carbocycles. The van der Waals surface area contributed by atoms with E-state index < -0.39 is 23.0 Å². The van der Waals surface area contributed by atoms with Gasteiger partial charge in [0.15, 0.2) is 0 Å². The minimum absolute atomic E-state index is 0.449. The van der Waals surface area contributed by atoms with Gasteiger partial charge in [-0.05, 0) is 31.7 Å². The number of benzene rings is 1. The van der Waals surface area contributed by atoms with Crippen molar-refractivity contribution in [3.05, 3.63) is 43.9 Å². The van der Waals surface area contributed by atoms with Crippen molar-refractivity contribution in [2.75, 3.05) is 11.9 Å². The molecule has 1 heterocycles. The summed E-state index contributed by atoms with van der Waals surface area (Å²) in [4.78, 5) is 16.1. The highest BCUT2D eigenvalue weighted by molar-refractivity contribution is 7.11. The van der Waals surface area contributed by atoms with Crippen molar-refractivity contribution in [2.24, 2.45) is 0 Å². The molecule has 0 bridgehead atoms. The first-order chi connectivity index (χ1) is 12.0. The summed E-state index contributed by atoms with van der Waals surface area (Å²) >= 11 is 1.72. The van der Waals surface area contributed by atoms with E-state index in [1.165, 1.54) is 35.5 Å². The predicted octanol–water partition coefficient (Wildman–Crippen LogP) is 4.19. The number of hydrogen-bond acceptors (Lipinski definition) is 6. The van der Waals surface area contributed by atoms with Gasteiger partial charge in [-0.2, -0.15) is 8.78 Å². The van der Waals surface area contributed by atoms with Gasteiger partial charge < -0.3 is 10.1 Å². The molecule has 25 heavy (non-hydrogen) atoms. The van der Waals surface area contributed by atoms with Gasteiger partial charge in [0.25, 0.3) is 0 Å². The second-order valence-electron chi connectivity index (χ2n) is 5.68. The van der Waals surface area contributed by atoms with Gasteiger partial charge in [0, 0.05) is 35.7 Å². The number of thiazole rings is 1. The molecule has 1 N–H and O–H groups in total. The summed E-state index contributed by atoms with van der Waals surface area (Å²) < 4.78 is 29.1. The fourth-order valence-corrected chi connectivity index (χ4v) is 3.95. The molecular formula is C16H17F2N3O3S. The van der Waals surface area contributed by atoms with Crippen molar-refractivity contribution >= 4 is 22.7 Å². The number of nitro benzene ring substituents is 1. The lowest BCUT2D eigenvalue weighted by atomic mass is 10.0. The average molecular weight is 369 g/mol. The Balaban J connectivity index is 1.62. The molecule has 9 heteroatoms. The predicted molar refractivity (Wildman–Crippen MR) is 90.7 cm³/mol. The van der Waals surface area contributed by atoms with Crippen LogP contribution in [0.2, 0.25) is 0 Å². The number of halogens is 2. The normalized spacial score (nSPS) is 13.6. The number of nitrogens with one attached hydrogen (secondary N) is 1. The van der Waals surface area contributed by atoms with Crippen LogP contribution < -0.4 is 10.1 Å². The molecule has 1 aromatic heterocycles. The maximum atomic E-state index is 12.4. The molecule has 0 fully saturated rings. The summed E-state index contributed by atoms with van der Waals surface area (Å²) in [6.07, 6.45) is 5.24. The Morgan fingerprint density at radius 3 is 2.88 bits per heavy atom. The van der Waals surface area contributed by atoms with E-state index in [4.69, 9.17) is 0 Å². The molecule has 1 aliphatic rings. The molecule has 1 aromatic carbocycles. The zero-order chi connectivity index (χ0) is 17.8. The molecule has 134 valence electrons. The summed E-state index contributed by atoms with van der Waals surface area (Å²) in [7, 11) is 0. The van der Waals surface area contributed by atoms with Crippen LogP contribution in [-0.2, 0) is 19.3 Å². The average Bonchev–Trinajstić information content (AvgIpc) is 2.97. The highest BCUT2D eigenvalue weighted by atomic mass is 32.1. The van der Waals surface area contributed by atoms with Crippen LogP contribution in [0.4, 0.5) is 20.2 Å². The number of fused-ring (bicyclic) bond motifs is 1. The lowest BCUT2D eigenvalue weighted by molar-refractivity contribution is -0.386. The van der Waals surface area contributed by atoms with E-state index in [0.717, 1.165) is 23.9 Å². The van der Waals surface area contributed by atoms with Crippen LogP contribution in [0.3, 0.4) is 0 Å². The lowest BCUT2D eigenvalue weighted by Gasteiger charge is -2.09. The highest BCUT2D eigenvalue weighted by Gasteiger charge is 2.19. The molecule has 3 rings (SSSR count). The van der Waals surface area contributed by atoms with E-state index >= 15 is 0 Å². The Morgan fingerprint density at radius 1 is 1.36 bits per heavy atom. The zero-order valence-corrected chi connectivity index (χ0v) is 14.2. The summed E-state index contributed by atoms with van der Waals surface area (Å²) in [5, 5.41) is 15.0. The van der Waals surface area contributed by atoms with Crippen molar-refractivity contribution in [2.45, 2.75) is 38.7 Å². The van der Waals surface area contributed by atoms with Gasteiger partial charge in [-0.15, -0.1) is 11.3 Å². The van der Waals surface area contributed by atoms with Gasteiger partial charge in [0.1, 0.15) is 0 Å². The Bertz CT molecular complexity index is 744. The van der Waals surface area contributed by atoms with E-state index in [1.807, 2.05) is 0 Å². The molecule has 1 aliphatic carbocycles. The first-order valence-corrected chi connectivity index (χ1v) is 8.79. The van der Waals surface area contributed by atoms with Crippen LogP contribution >= 0.6 is 11.3 Å². The van der Waals surface area contributed by atoms with Crippen LogP contribution in [0.5, 0.6) is 5.75 Å². The van der Waals surface area contributed by atoms with Gasteiger partial charge in [0.2, 0.25) is 5.75 Å². The van der Waals surface area contributed by atoms with Crippen molar-refractivity contribution in [3.8, 4) is 5.75 Å². The van der Waals surface area contributed by atoms with Crippen LogP contribution in [-0.4, -0.2) is 23.1 Å².